The maximum absolute atomic E-state index is 10.1. The van der Waals surface area contributed by atoms with Gasteiger partial charge in [0.05, 0.1) is 17.2 Å². The summed E-state index contributed by atoms with van der Waals surface area (Å²) in [5.41, 5.74) is 8.35. The Bertz CT molecular complexity index is 1270. The van der Waals surface area contributed by atoms with Crippen LogP contribution in [0.2, 0.25) is 0 Å². The lowest BCUT2D eigenvalue weighted by Gasteiger charge is -2.37. The Kier molecular flexibility index (Phi) is 5.17. The normalized spacial score (nSPS) is 14.2. The highest BCUT2D eigenvalue weighted by molar-refractivity contribution is 5.83. The molecule has 0 atom stereocenters. The van der Waals surface area contributed by atoms with Gasteiger partial charge in [-0.1, -0.05) is 24.3 Å². The first-order valence-electron chi connectivity index (χ1n) is 11.1. The van der Waals surface area contributed by atoms with Crippen molar-refractivity contribution in [3.05, 3.63) is 77.5 Å². The van der Waals surface area contributed by atoms with Gasteiger partial charge in [-0.05, 0) is 78.9 Å². The molecule has 32 heavy (non-hydrogen) atoms. The van der Waals surface area contributed by atoms with Crippen LogP contribution in [-0.2, 0) is 0 Å². The van der Waals surface area contributed by atoms with Crippen LogP contribution < -0.4 is 9.80 Å². The Hall–Kier alpha value is -3.60. The third-order valence-electron chi connectivity index (χ3n) is 6.41. The molecule has 5 nitrogen and oxygen atoms in total. The van der Waals surface area contributed by atoms with Crippen molar-refractivity contribution in [1.82, 2.24) is 9.97 Å². The minimum atomic E-state index is 0.362. The predicted octanol–water partition coefficient (Wildman–Crippen LogP) is 5.25. The summed E-state index contributed by atoms with van der Waals surface area (Å²) >= 11 is 0. The van der Waals surface area contributed by atoms with Gasteiger partial charge in [0, 0.05) is 31.9 Å². The fraction of sp³-hybridized carbons (Fsp3) is 0.259. The molecule has 5 rings (SSSR count). The number of aryl methyl sites for hydroxylation is 3. The van der Waals surface area contributed by atoms with E-state index < -0.39 is 0 Å². The molecule has 3 aromatic carbocycles. The number of anilines is 2. The zero-order valence-electron chi connectivity index (χ0n) is 18.8. The molecule has 0 radical (unpaired) electrons. The van der Waals surface area contributed by atoms with Gasteiger partial charge in [-0.25, -0.2) is 4.98 Å². The van der Waals surface area contributed by atoms with Crippen LogP contribution in [0.5, 0.6) is 5.75 Å². The molecule has 1 aliphatic rings. The van der Waals surface area contributed by atoms with Gasteiger partial charge in [0.15, 0.2) is 0 Å². The third kappa shape index (κ3) is 3.75. The maximum Gasteiger partial charge on any atom is 0.147 e. The van der Waals surface area contributed by atoms with E-state index in [9.17, 15) is 5.11 Å². The summed E-state index contributed by atoms with van der Waals surface area (Å²) in [5, 5.41) is 10.1. The predicted molar refractivity (Wildman–Crippen MR) is 132 cm³/mol. The van der Waals surface area contributed by atoms with E-state index in [1.807, 2.05) is 38.2 Å². The molecule has 1 fully saturated rings. The molecule has 0 unspecified atom stereocenters. The lowest BCUT2D eigenvalue weighted by Crippen LogP contribution is -2.47. The second kappa shape index (κ2) is 8.15. The summed E-state index contributed by atoms with van der Waals surface area (Å²) in [6, 6.07) is 18.8. The van der Waals surface area contributed by atoms with Gasteiger partial charge in [-0.3, -0.25) is 4.98 Å². The standard InChI is InChI=1S/C27H28N4O/c1-18-6-4-5-7-25(18)30-10-12-31(13-11-30)26-17-28-23-9-8-21(16-24(23)29-26)22-14-19(2)27(32)20(3)15-22/h4-9,14-17,32H,10-13H2,1-3H3. The van der Waals surface area contributed by atoms with E-state index in [0.717, 1.165) is 65.3 Å². The lowest BCUT2D eigenvalue weighted by atomic mass is 9.99. The van der Waals surface area contributed by atoms with Gasteiger partial charge >= 0.3 is 0 Å². The molecule has 0 aliphatic carbocycles. The molecular weight excluding hydrogens is 396 g/mol. The van der Waals surface area contributed by atoms with Crippen molar-refractivity contribution in [2.75, 3.05) is 36.0 Å². The SMILES string of the molecule is Cc1ccccc1N1CCN(c2cnc3ccc(-c4cc(C)c(O)c(C)c4)cc3n2)CC1. The third-order valence-corrected chi connectivity index (χ3v) is 6.41. The van der Waals surface area contributed by atoms with Crippen LogP contribution in [-0.4, -0.2) is 41.3 Å². The highest BCUT2D eigenvalue weighted by atomic mass is 16.3. The number of nitrogens with zero attached hydrogens (tertiary/aromatic N) is 4. The number of hydrogen-bond donors (Lipinski definition) is 1. The van der Waals surface area contributed by atoms with E-state index in [0.29, 0.717) is 5.75 Å². The Balaban J connectivity index is 1.39. The van der Waals surface area contributed by atoms with Crippen LogP contribution >= 0.6 is 0 Å². The molecule has 0 amide bonds. The largest absolute Gasteiger partial charge is 0.507 e. The first-order chi connectivity index (χ1) is 15.5. The monoisotopic (exact) mass is 424 g/mol. The number of benzene rings is 3. The first-order valence-corrected chi connectivity index (χ1v) is 11.1. The van der Waals surface area contributed by atoms with E-state index in [-0.39, 0.29) is 0 Å². The molecule has 1 N–H and O–H groups in total. The molecule has 2 heterocycles. The average Bonchev–Trinajstić information content (AvgIpc) is 2.82. The van der Waals surface area contributed by atoms with Gasteiger partial charge in [0.2, 0.25) is 0 Å². The molecule has 1 saturated heterocycles. The number of phenols is 1. The van der Waals surface area contributed by atoms with Crippen LogP contribution in [0.4, 0.5) is 11.5 Å². The fourth-order valence-electron chi connectivity index (χ4n) is 4.55. The topological polar surface area (TPSA) is 52.5 Å². The average molecular weight is 425 g/mol. The van der Waals surface area contributed by atoms with Gasteiger partial charge < -0.3 is 14.9 Å². The number of piperazine rings is 1. The van der Waals surface area contributed by atoms with Crippen molar-refractivity contribution in [2.45, 2.75) is 20.8 Å². The summed E-state index contributed by atoms with van der Waals surface area (Å²) in [7, 11) is 0. The molecule has 162 valence electrons. The van der Waals surface area contributed by atoms with E-state index in [1.165, 1.54) is 11.3 Å². The molecule has 5 heteroatoms. The number of fused-ring (bicyclic) bond motifs is 1. The Morgan fingerprint density at radius 3 is 2.12 bits per heavy atom. The highest BCUT2D eigenvalue weighted by Gasteiger charge is 2.20. The van der Waals surface area contributed by atoms with Crippen LogP contribution in [0.1, 0.15) is 16.7 Å². The minimum Gasteiger partial charge on any atom is -0.507 e. The second-order valence-corrected chi connectivity index (χ2v) is 8.65. The molecular formula is C27H28N4O. The maximum atomic E-state index is 10.1. The van der Waals surface area contributed by atoms with Crippen molar-refractivity contribution in [1.29, 1.82) is 0 Å². The van der Waals surface area contributed by atoms with E-state index in [2.05, 4.69) is 58.1 Å². The van der Waals surface area contributed by atoms with Gasteiger partial charge in [-0.15, -0.1) is 0 Å². The lowest BCUT2D eigenvalue weighted by molar-refractivity contribution is 0.467. The molecule has 0 saturated carbocycles. The number of rotatable bonds is 3. The van der Waals surface area contributed by atoms with E-state index >= 15 is 0 Å². The summed E-state index contributed by atoms with van der Waals surface area (Å²) in [6.45, 7) is 9.82. The Morgan fingerprint density at radius 1 is 0.719 bits per heavy atom. The fourth-order valence-corrected chi connectivity index (χ4v) is 4.55. The van der Waals surface area contributed by atoms with Gasteiger partial charge in [0.1, 0.15) is 11.6 Å². The summed E-state index contributed by atoms with van der Waals surface area (Å²) in [5.74, 6) is 1.29. The Morgan fingerprint density at radius 2 is 1.41 bits per heavy atom. The second-order valence-electron chi connectivity index (χ2n) is 8.65. The minimum absolute atomic E-state index is 0.362. The first kappa shape index (κ1) is 20.3. The molecule has 1 aromatic heterocycles. The van der Waals surface area contributed by atoms with Crippen molar-refractivity contribution in [3.63, 3.8) is 0 Å². The number of para-hydroxylation sites is 1. The number of aromatic nitrogens is 2. The zero-order valence-corrected chi connectivity index (χ0v) is 18.8. The van der Waals surface area contributed by atoms with Crippen molar-refractivity contribution < 1.29 is 5.11 Å². The van der Waals surface area contributed by atoms with Gasteiger partial charge in [-0.2, -0.15) is 0 Å². The van der Waals surface area contributed by atoms with Crippen LogP contribution in [0.15, 0.2) is 60.8 Å². The van der Waals surface area contributed by atoms with E-state index in [4.69, 9.17) is 4.98 Å². The number of phenolic OH excluding ortho intramolecular Hbond substituents is 1. The highest BCUT2D eigenvalue weighted by Crippen LogP contribution is 2.31. The molecule has 0 spiro atoms. The molecule has 1 aliphatic heterocycles. The van der Waals surface area contributed by atoms with Crippen LogP contribution in [0.3, 0.4) is 0 Å². The molecule has 4 aromatic rings. The Labute approximate surface area is 189 Å². The smallest absolute Gasteiger partial charge is 0.147 e. The quantitative estimate of drug-likeness (QED) is 0.487. The number of hydrogen-bond acceptors (Lipinski definition) is 5. The summed E-state index contributed by atoms with van der Waals surface area (Å²) < 4.78 is 0. The van der Waals surface area contributed by atoms with Crippen molar-refractivity contribution in [3.8, 4) is 16.9 Å². The van der Waals surface area contributed by atoms with Crippen molar-refractivity contribution in [2.24, 2.45) is 0 Å². The number of aromatic hydroxyl groups is 1. The van der Waals surface area contributed by atoms with Crippen molar-refractivity contribution >= 4 is 22.5 Å². The summed E-state index contributed by atoms with van der Waals surface area (Å²) in [6.07, 6.45) is 1.89. The summed E-state index contributed by atoms with van der Waals surface area (Å²) in [4.78, 5) is 14.4. The van der Waals surface area contributed by atoms with E-state index in [1.54, 1.807) is 0 Å². The van der Waals surface area contributed by atoms with Crippen LogP contribution in [0.25, 0.3) is 22.2 Å². The van der Waals surface area contributed by atoms with Crippen LogP contribution in [0, 0.1) is 20.8 Å². The molecule has 0 bridgehead atoms. The van der Waals surface area contributed by atoms with Gasteiger partial charge in [0.25, 0.3) is 0 Å². The zero-order chi connectivity index (χ0) is 22.2.